The molecule has 0 saturated heterocycles. The lowest BCUT2D eigenvalue weighted by atomic mass is 10.2. The third-order valence-corrected chi connectivity index (χ3v) is 3.68. The molecule has 0 atom stereocenters. The monoisotopic (exact) mass is 357 g/mol. The van der Waals surface area contributed by atoms with Gasteiger partial charge in [-0.1, -0.05) is 21.1 Å². The molecule has 1 N–H and O–H groups in total. The molecular weight excluding hydrogens is 345 g/mol. The van der Waals surface area contributed by atoms with E-state index in [0.717, 1.165) is 0 Å². The minimum absolute atomic E-state index is 0.112. The summed E-state index contributed by atoms with van der Waals surface area (Å²) >= 11 is 3.33. The van der Waals surface area contributed by atoms with Crippen molar-refractivity contribution in [3.05, 3.63) is 45.4 Å². The van der Waals surface area contributed by atoms with Crippen molar-refractivity contribution in [2.45, 2.75) is 13.0 Å². The smallest absolute Gasteiger partial charge is 0.358 e. The molecule has 0 unspecified atom stereocenters. The molecule has 2 rings (SSSR count). The van der Waals surface area contributed by atoms with Gasteiger partial charge in [0.15, 0.2) is 5.69 Å². The average molecular weight is 358 g/mol. The average Bonchev–Trinajstić information content (AvgIpc) is 2.83. The number of hydrogen-bond acceptors (Lipinski definition) is 4. The van der Waals surface area contributed by atoms with E-state index in [2.05, 4.69) is 26.2 Å². The standard InChI is InChI=1S/C13H13BrFN3O3/c1-21-5-4-11-12(13(19)20)16-17-18(11)7-8-6-9(15)2-3-10(8)14/h2-3,6H,4-5,7H2,1H3,(H,19,20). The van der Waals surface area contributed by atoms with Crippen LogP contribution in [0.1, 0.15) is 21.7 Å². The molecule has 0 saturated carbocycles. The Hall–Kier alpha value is -1.80. The molecule has 0 radical (unpaired) electrons. The Kier molecular flexibility index (Phi) is 5.03. The molecular formula is C13H13BrFN3O3. The van der Waals surface area contributed by atoms with E-state index in [1.165, 1.54) is 23.9 Å². The fraction of sp³-hybridized carbons (Fsp3) is 0.308. The molecule has 21 heavy (non-hydrogen) atoms. The number of halogens is 2. The Bertz CT molecular complexity index is 660. The third-order valence-electron chi connectivity index (χ3n) is 2.91. The maximum atomic E-state index is 13.3. The molecule has 0 bridgehead atoms. The Morgan fingerprint density at radius 1 is 1.52 bits per heavy atom. The van der Waals surface area contributed by atoms with Crippen LogP contribution >= 0.6 is 15.9 Å². The minimum Gasteiger partial charge on any atom is -0.476 e. The van der Waals surface area contributed by atoms with Crippen LogP contribution in [0.4, 0.5) is 4.39 Å². The second-order valence-corrected chi connectivity index (χ2v) is 5.18. The van der Waals surface area contributed by atoms with Crippen LogP contribution in [-0.2, 0) is 17.7 Å². The van der Waals surface area contributed by atoms with Crippen LogP contribution in [0, 0.1) is 5.82 Å². The third kappa shape index (κ3) is 3.64. The van der Waals surface area contributed by atoms with Crippen molar-refractivity contribution < 1.29 is 19.0 Å². The molecule has 112 valence electrons. The first-order chi connectivity index (χ1) is 10.0. The second-order valence-electron chi connectivity index (χ2n) is 4.33. The van der Waals surface area contributed by atoms with E-state index in [1.54, 1.807) is 6.07 Å². The predicted octanol–water partition coefficient (Wildman–Crippen LogP) is 2.12. The molecule has 1 heterocycles. The Morgan fingerprint density at radius 3 is 2.95 bits per heavy atom. The molecule has 0 aliphatic carbocycles. The first-order valence-electron chi connectivity index (χ1n) is 6.11. The van der Waals surface area contributed by atoms with Crippen molar-refractivity contribution in [2.75, 3.05) is 13.7 Å². The van der Waals surface area contributed by atoms with Crippen molar-refractivity contribution in [2.24, 2.45) is 0 Å². The highest BCUT2D eigenvalue weighted by Crippen LogP contribution is 2.20. The van der Waals surface area contributed by atoms with Crippen molar-refractivity contribution in [1.29, 1.82) is 0 Å². The van der Waals surface area contributed by atoms with Crippen LogP contribution in [0.15, 0.2) is 22.7 Å². The molecule has 2 aromatic rings. The molecule has 0 aliphatic rings. The molecule has 0 spiro atoms. The van der Waals surface area contributed by atoms with E-state index in [4.69, 9.17) is 9.84 Å². The van der Waals surface area contributed by atoms with Crippen molar-refractivity contribution in [3.63, 3.8) is 0 Å². The van der Waals surface area contributed by atoms with E-state index in [1.807, 2.05) is 0 Å². The maximum absolute atomic E-state index is 13.3. The quantitative estimate of drug-likeness (QED) is 0.856. The summed E-state index contributed by atoms with van der Waals surface area (Å²) in [6, 6.07) is 4.30. The first-order valence-corrected chi connectivity index (χ1v) is 6.90. The SMILES string of the molecule is COCCc1c(C(=O)O)nnn1Cc1cc(F)ccc1Br. The van der Waals surface area contributed by atoms with Gasteiger partial charge < -0.3 is 9.84 Å². The van der Waals surface area contributed by atoms with Gasteiger partial charge in [-0.15, -0.1) is 5.10 Å². The Balaban J connectivity index is 2.34. The zero-order valence-electron chi connectivity index (χ0n) is 11.2. The number of carbonyl (C=O) groups is 1. The molecule has 8 heteroatoms. The Labute approximate surface area is 128 Å². The number of carboxylic acid groups (broad SMARTS) is 1. The lowest BCUT2D eigenvalue weighted by Crippen LogP contribution is -2.12. The number of ether oxygens (including phenoxy) is 1. The van der Waals surface area contributed by atoms with Crippen LogP contribution in [0.3, 0.4) is 0 Å². The van der Waals surface area contributed by atoms with Gasteiger partial charge in [0.25, 0.3) is 0 Å². The molecule has 0 amide bonds. The summed E-state index contributed by atoms with van der Waals surface area (Å²) in [5.74, 6) is -1.52. The minimum atomic E-state index is -1.15. The number of carboxylic acids is 1. The van der Waals surface area contributed by atoms with Gasteiger partial charge in [0.2, 0.25) is 0 Å². The molecule has 1 aromatic carbocycles. The zero-order valence-corrected chi connectivity index (χ0v) is 12.8. The van der Waals surface area contributed by atoms with Crippen LogP contribution in [0.5, 0.6) is 0 Å². The van der Waals surface area contributed by atoms with Gasteiger partial charge in [0.05, 0.1) is 18.8 Å². The summed E-state index contributed by atoms with van der Waals surface area (Å²) in [5, 5.41) is 16.6. The van der Waals surface area contributed by atoms with E-state index < -0.39 is 5.97 Å². The fourth-order valence-electron chi connectivity index (χ4n) is 1.90. The highest BCUT2D eigenvalue weighted by molar-refractivity contribution is 9.10. The summed E-state index contributed by atoms with van der Waals surface area (Å²) < 4.78 is 20.4. The lowest BCUT2D eigenvalue weighted by molar-refractivity contribution is 0.0688. The Morgan fingerprint density at radius 2 is 2.29 bits per heavy atom. The van der Waals surface area contributed by atoms with Gasteiger partial charge in [-0.3, -0.25) is 0 Å². The summed E-state index contributed by atoms with van der Waals surface area (Å²) in [7, 11) is 1.53. The van der Waals surface area contributed by atoms with Crippen LogP contribution < -0.4 is 0 Å². The van der Waals surface area contributed by atoms with Crippen molar-refractivity contribution >= 4 is 21.9 Å². The van der Waals surface area contributed by atoms with Gasteiger partial charge >= 0.3 is 5.97 Å². The molecule has 0 aliphatic heterocycles. The van der Waals surface area contributed by atoms with Gasteiger partial charge in [0, 0.05) is 18.0 Å². The van der Waals surface area contributed by atoms with Crippen LogP contribution in [-0.4, -0.2) is 39.8 Å². The van der Waals surface area contributed by atoms with E-state index in [9.17, 15) is 9.18 Å². The van der Waals surface area contributed by atoms with Crippen LogP contribution in [0.25, 0.3) is 0 Å². The number of aromatic carboxylic acids is 1. The number of benzene rings is 1. The maximum Gasteiger partial charge on any atom is 0.358 e. The highest BCUT2D eigenvalue weighted by Gasteiger charge is 2.19. The normalized spacial score (nSPS) is 10.8. The highest BCUT2D eigenvalue weighted by atomic mass is 79.9. The second kappa shape index (κ2) is 6.77. The molecule has 6 nitrogen and oxygen atoms in total. The number of rotatable bonds is 6. The number of nitrogens with zero attached hydrogens (tertiary/aromatic N) is 3. The summed E-state index contributed by atoms with van der Waals surface area (Å²) in [6.45, 7) is 0.565. The van der Waals surface area contributed by atoms with Gasteiger partial charge in [0.1, 0.15) is 5.82 Å². The van der Waals surface area contributed by atoms with Crippen LogP contribution in [0.2, 0.25) is 0 Å². The predicted molar refractivity (Wildman–Crippen MR) is 75.8 cm³/mol. The summed E-state index contributed by atoms with van der Waals surface area (Å²) in [5.41, 5.74) is 0.982. The van der Waals surface area contributed by atoms with Gasteiger partial charge in [-0.2, -0.15) is 0 Å². The largest absolute Gasteiger partial charge is 0.476 e. The fourth-order valence-corrected chi connectivity index (χ4v) is 2.27. The van der Waals surface area contributed by atoms with Gasteiger partial charge in [-0.25, -0.2) is 13.9 Å². The lowest BCUT2D eigenvalue weighted by Gasteiger charge is -2.08. The van der Waals surface area contributed by atoms with Crippen molar-refractivity contribution in [3.8, 4) is 0 Å². The first kappa shape index (κ1) is 15.6. The zero-order chi connectivity index (χ0) is 15.4. The van der Waals surface area contributed by atoms with E-state index in [0.29, 0.717) is 28.8 Å². The topological polar surface area (TPSA) is 77.2 Å². The molecule has 1 aromatic heterocycles. The summed E-state index contributed by atoms with van der Waals surface area (Å²) in [4.78, 5) is 11.1. The molecule has 0 fully saturated rings. The number of methoxy groups -OCH3 is 1. The summed E-state index contributed by atoms with van der Waals surface area (Å²) in [6.07, 6.45) is 0.359. The number of hydrogen-bond donors (Lipinski definition) is 1. The van der Waals surface area contributed by atoms with E-state index >= 15 is 0 Å². The van der Waals surface area contributed by atoms with Gasteiger partial charge in [-0.05, 0) is 23.8 Å². The number of aromatic nitrogens is 3. The van der Waals surface area contributed by atoms with Crippen molar-refractivity contribution in [1.82, 2.24) is 15.0 Å². The van der Waals surface area contributed by atoms with E-state index in [-0.39, 0.29) is 18.1 Å².